The summed E-state index contributed by atoms with van der Waals surface area (Å²) in [6.45, 7) is 3.52. The maximum atomic E-state index is 13.5. The summed E-state index contributed by atoms with van der Waals surface area (Å²) in [6, 6.07) is 14.5. The standard InChI is InChI=1S/C21H21FN4O2S/c1-15-13-18(7-8-19(15)22)29(27,28)25-17-6-4-5-16(14-17)20-9-10-21(24-23-20)26-11-2-3-12-26/h4-10,13-14,25H,2-3,11-12H2,1H3. The van der Waals surface area contributed by atoms with E-state index < -0.39 is 15.8 Å². The predicted molar refractivity (Wildman–Crippen MR) is 111 cm³/mol. The van der Waals surface area contributed by atoms with E-state index in [0.717, 1.165) is 30.5 Å². The average molecular weight is 412 g/mol. The van der Waals surface area contributed by atoms with Gasteiger partial charge in [-0.05, 0) is 67.8 Å². The maximum Gasteiger partial charge on any atom is 0.261 e. The molecule has 0 spiro atoms. The van der Waals surface area contributed by atoms with Gasteiger partial charge in [0.2, 0.25) is 0 Å². The fourth-order valence-electron chi connectivity index (χ4n) is 3.33. The number of hydrogen-bond donors (Lipinski definition) is 1. The van der Waals surface area contributed by atoms with Gasteiger partial charge in [-0.1, -0.05) is 12.1 Å². The highest BCUT2D eigenvalue weighted by Gasteiger charge is 2.17. The quantitative estimate of drug-likeness (QED) is 0.686. The highest BCUT2D eigenvalue weighted by Crippen LogP contribution is 2.25. The van der Waals surface area contributed by atoms with Gasteiger partial charge in [-0.25, -0.2) is 12.8 Å². The molecule has 1 N–H and O–H groups in total. The van der Waals surface area contributed by atoms with Crippen LogP contribution in [0.4, 0.5) is 15.9 Å². The van der Waals surface area contributed by atoms with Crippen molar-refractivity contribution in [2.45, 2.75) is 24.7 Å². The molecule has 0 saturated carbocycles. The van der Waals surface area contributed by atoms with Crippen LogP contribution in [0.15, 0.2) is 59.5 Å². The molecular formula is C21H21FN4O2S. The van der Waals surface area contributed by atoms with Gasteiger partial charge in [-0.15, -0.1) is 10.2 Å². The van der Waals surface area contributed by atoms with Crippen LogP contribution in [0.1, 0.15) is 18.4 Å². The van der Waals surface area contributed by atoms with Gasteiger partial charge in [-0.3, -0.25) is 4.72 Å². The van der Waals surface area contributed by atoms with Gasteiger partial charge in [0.05, 0.1) is 10.6 Å². The summed E-state index contributed by atoms with van der Waals surface area (Å²) in [5.41, 5.74) is 2.08. The van der Waals surface area contributed by atoms with Crippen molar-refractivity contribution >= 4 is 21.5 Å². The SMILES string of the molecule is Cc1cc(S(=O)(=O)Nc2cccc(-c3ccc(N4CCCC4)nn3)c2)ccc1F. The lowest BCUT2D eigenvalue weighted by Crippen LogP contribution is -2.19. The molecule has 1 aromatic heterocycles. The molecule has 150 valence electrons. The zero-order chi connectivity index (χ0) is 20.4. The molecule has 0 unspecified atom stereocenters. The third kappa shape index (κ3) is 4.22. The Hall–Kier alpha value is -3.00. The van der Waals surface area contributed by atoms with E-state index in [4.69, 9.17) is 0 Å². The van der Waals surface area contributed by atoms with Crippen LogP contribution in [0, 0.1) is 12.7 Å². The zero-order valence-electron chi connectivity index (χ0n) is 16.0. The highest BCUT2D eigenvalue weighted by molar-refractivity contribution is 7.92. The number of aromatic nitrogens is 2. The average Bonchev–Trinajstić information content (AvgIpc) is 3.25. The van der Waals surface area contributed by atoms with Crippen LogP contribution in [-0.4, -0.2) is 31.7 Å². The molecule has 8 heteroatoms. The molecule has 0 radical (unpaired) electrons. The van der Waals surface area contributed by atoms with Gasteiger partial charge in [0, 0.05) is 24.3 Å². The third-order valence-electron chi connectivity index (χ3n) is 4.93. The molecule has 1 saturated heterocycles. The third-order valence-corrected chi connectivity index (χ3v) is 6.31. The lowest BCUT2D eigenvalue weighted by atomic mass is 10.1. The van der Waals surface area contributed by atoms with Crippen molar-refractivity contribution in [1.82, 2.24) is 10.2 Å². The van der Waals surface area contributed by atoms with Gasteiger partial charge in [0.15, 0.2) is 5.82 Å². The Morgan fingerprint density at radius 2 is 1.79 bits per heavy atom. The largest absolute Gasteiger partial charge is 0.355 e. The number of benzene rings is 2. The van der Waals surface area contributed by atoms with Crippen molar-refractivity contribution < 1.29 is 12.8 Å². The molecule has 1 aliphatic heterocycles. The summed E-state index contributed by atoms with van der Waals surface area (Å²) >= 11 is 0. The van der Waals surface area contributed by atoms with Gasteiger partial charge in [-0.2, -0.15) is 0 Å². The van der Waals surface area contributed by atoms with E-state index in [9.17, 15) is 12.8 Å². The molecule has 2 aromatic carbocycles. The molecule has 0 aliphatic carbocycles. The van der Waals surface area contributed by atoms with Gasteiger partial charge in [0.1, 0.15) is 5.82 Å². The number of sulfonamides is 1. The van der Waals surface area contributed by atoms with Gasteiger partial charge < -0.3 is 4.90 Å². The van der Waals surface area contributed by atoms with E-state index in [0.29, 0.717) is 11.4 Å². The molecule has 3 aromatic rings. The highest BCUT2D eigenvalue weighted by atomic mass is 32.2. The van der Waals surface area contributed by atoms with Crippen molar-refractivity contribution in [3.05, 3.63) is 66.0 Å². The summed E-state index contributed by atoms with van der Waals surface area (Å²) in [7, 11) is -3.83. The fourth-order valence-corrected chi connectivity index (χ4v) is 4.47. The van der Waals surface area contributed by atoms with Crippen LogP contribution in [0.2, 0.25) is 0 Å². The normalized spacial score (nSPS) is 14.2. The number of anilines is 2. The number of aryl methyl sites for hydroxylation is 1. The zero-order valence-corrected chi connectivity index (χ0v) is 16.8. The summed E-state index contributed by atoms with van der Waals surface area (Å²) in [4.78, 5) is 2.21. The molecule has 0 amide bonds. The van der Waals surface area contributed by atoms with Crippen LogP contribution < -0.4 is 9.62 Å². The van der Waals surface area contributed by atoms with E-state index in [-0.39, 0.29) is 10.5 Å². The second-order valence-corrected chi connectivity index (χ2v) is 8.75. The Labute approximate surface area is 169 Å². The molecular weight excluding hydrogens is 391 g/mol. The van der Waals surface area contributed by atoms with Gasteiger partial charge >= 0.3 is 0 Å². The molecule has 1 fully saturated rings. The maximum absolute atomic E-state index is 13.5. The topological polar surface area (TPSA) is 75.2 Å². The van der Waals surface area contributed by atoms with Gasteiger partial charge in [0.25, 0.3) is 10.0 Å². The molecule has 1 aliphatic rings. The Kier molecular flexibility index (Phi) is 5.19. The molecule has 29 heavy (non-hydrogen) atoms. The van der Waals surface area contributed by atoms with E-state index >= 15 is 0 Å². The summed E-state index contributed by atoms with van der Waals surface area (Å²) in [5, 5.41) is 8.61. The predicted octanol–water partition coefficient (Wildman–Crippen LogP) is 3.99. The van der Waals surface area contributed by atoms with E-state index in [1.165, 1.54) is 31.9 Å². The Balaban J connectivity index is 1.56. The first kappa shape index (κ1) is 19.3. The van der Waals surface area contributed by atoms with E-state index in [1.807, 2.05) is 18.2 Å². The Morgan fingerprint density at radius 3 is 2.48 bits per heavy atom. The fraction of sp³-hybridized carbons (Fsp3) is 0.238. The summed E-state index contributed by atoms with van der Waals surface area (Å²) < 4.78 is 41.3. The lowest BCUT2D eigenvalue weighted by Gasteiger charge is -2.15. The monoisotopic (exact) mass is 412 g/mol. The smallest absolute Gasteiger partial charge is 0.261 e. The first-order valence-electron chi connectivity index (χ1n) is 9.40. The minimum Gasteiger partial charge on any atom is -0.355 e. The minimum absolute atomic E-state index is 0.0107. The number of rotatable bonds is 5. The van der Waals surface area contributed by atoms with Crippen LogP contribution in [-0.2, 0) is 10.0 Å². The molecule has 4 rings (SSSR count). The lowest BCUT2D eigenvalue weighted by molar-refractivity contribution is 0.598. The van der Waals surface area contributed by atoms with Crippen LogP contribution >= 0.6 is 0 Å². The first-order chi connectivity index (χ1) is 13.9. The Morgan fingerprint density at radius 1 is 1.00 bits per heavy atom. The number of nitrogens with one attached hydrogen (secondary N) is 1. The number of hydrogen-bond acceptors (Lipinski definition) is 5. The van der Waals surface area contributed by atoms with Crippen LogP contribution in [0.3, 0.4) is 0 Å². The second-order valence-electron chi connectivity index (χ2n) is 7.07. The van der Waals surface area contributed by atoms with Crippen molar-refractivity contribution in [1.29, 1.82) is 0 Å². The second kappa shape index (κ2) is 7.79. The molecule has 0 bridgehead atoms. The molecule has 0 atom stereocenters. The minimum atomic E-state index is -3.83. The van der Waals surface area contributed by atoms with E-state index in [2.05, 4.69) is 19.8 Å². The van der Waals surface area contributed by atoms with Crippen molar-refractivity contribution in [2.24, 2.45) is 0 Å². The summed E-state index contributed by atoms with van der Waals surface area (Å²) in [5.74, 6) is 0.414. The molecule has 6 nitrogen and oxygen atoms in total. The van der Waals surface area contributed by atoms with E-state index in [1.54, 1.807) is 18.2 Å². The van der Waals surface area contributed by atoms with Crippen molar-refractivity contribution in [2.75, 3.05) is 22.7 Å². The number of nitrogens with zero attached hydrogens (tertiary/aromatic N) is 3. The van der Waals surface area contributed by atoms with Crippen LogP contribution in [0.25, 0.3) is 11.3 Å². The molecule has 2 heterocycles. The Bertz CT molecular complexity index is 1130. The van der Waals surface area contributed by atoms with Crippen molar-refractivity contribution in [3.63, 3.8) is 0 Å². The number of halogens is 1. The van der Waals surface area contributed by atoms with Crippen molar-refractivity contribution in [3.8, 4) is 11.3 Å². The summed E-state index contributed by atoms with van der Waals surface area (Å²) in [6.07, 6.45) is 2.33. The first-order valence-corrected chi connectivity index (χ1v) is 10.9. The van der Waals surface area contributed by atoms with Crippen LogP contribution in [0.5, 0.6) is 0 Å².